The molecule has 0 aliphatic rings. The minimum atomic E-state index is -0.273. The first-order chi connectivity index (χ1) is 5.65. The van der Waals surface area contributed by atoms with Gasteiger partial charge in [-0.1, -0.05) is 18.7 Å². The van der Waals surface area contributed by atoms with E-state index in [1.54, 1.807) is 25.1 Å². The maximum atomic E-state index is 13.0. The van der Waals surface area contributed by atoms with E-state index in [2.05, 4.69) is 6.58 Å². The highest BCUT2D eigenvalue weighted by atomic mass is 19.1. The first kappa shape index (κ1) is 8.94. The molecule has 0 spiro atoms. The Hall–Kier alpha value is -1.15. The van der Waals surface area contributed by atoms with Crippen LogP contribution in [-0.4, -0.2) is 0 Å². The van der Waals surface area contributed by atoms with Gasteiger partial charge in [-0.05, 0) is 24.6 Å². The lowest BCUT2D eigenvalue weighted by Crippen LogP contribution is -2.07. The summed E-state index contributed by atoms with van der Waals surface area (Å²) in [5.41, 5.74) is 6.99. The zero-order valence-electron chi connectivity index (χ0n) is 7.05. The van der Waals surface area contributed by atoms with Crippen molar-refractivity contribution in [1.82, 2.24) is 0 Å². The van der Waals surface area contributed by atoms with Crippen molar-refractivity contribution >= 4 is 6.08 Å². The first-order valence-corrected chi connectivity index (χ1v) is 3.82. The molecule has 2 heteroatoms. The molecule has 0 unspecified atom stereocenters. The third-order valence-corrected chi connectivity index (χ3v) is 1.75. The summed E-state index contributed by atoms with van der Waals surface area (Å²) in [6, 6.07) is 4.53. The van der Waals surface area contributed by atoms with Crippen molar-refractivity contribution in [2.24, 2.45) is 5.73 Å². The summed E-state index contributed by atoms with van der Waals surface area (Å²) in [5, 5.41) is 0. The van der Waals surface area contributed by atoms with E-state index in [1.807, 2.05) is 0 Å². The van der Waals surface area contributed by atoms with Gasteiger partial charge >= 0.3 is 0 Å². The highest BCUT2D eigenvalue weighted by Crippen LogP contribution is 2.16. The number of nitrogens with two attached hydrogens (primary N) is 1. The predicted octanol–water partition coefficient (Wildman–Crippen LogP) is 2.49. The van der Waals surface area contributed by atoms with Crippen LogP contribution in [0.5, 0.6) is 0 Å². The van der Waals surface area contributed by atoms with Crippen molar-refractivity contribution in [2.75, 3.05) is 0 Å². The Labute approximate surface area is 71.7 Å². The van der Waals surface area contributed by atoms with Crippen LogP contribution in [0.2, 0.25) is 0 Å². The van der Waals surface area contributed by atoms with E-state index in [-0.39, 0.29) is 11.9 Å². The third kappa shape index (κ3) is 1.71. The standard InChI is InChI=1S/C10H12FN/c1-3-8-4-5-10(11)9(6-8)7(2)12/h3-7H,1,12H2,2H3/t7-/m1/s1. The van der Waals surface area contributed by atoms with Crippen molar-refractivity contribution in [3.63, 3.8) is 0 Å². The second-order valence-corrected chi connectivity index (χ2v) is 2.77. The average Bonchev–Trinajstić information content (AvgIpc) is 2.05. The van der Waals surface area contributed by atoms with E-state index in [9.17, 15) is 4.39 Å². The number of hydrogen-bond acceptors (Lipinski definition) is 1. The molecule has 0 saturated heterocycles. The Kier molecular flexibility index (Phi) is 2.61. The van der Waals surface area contributed by atoms with Gasteiger partial charge in [0.25, 0.3) is 0 Å². The van der Waals surface area contributed by atoms with Gasteiger partial charge in [0.05, 0.1) is 0 Å². The molecule has 0 aromatic heterocycles. The Balaban J connectivity index is 3.16. The largest absolute Gasteiger partial charge is 0.324 e. The number of benzene rings is 1. The van der Waals surface area contributed by atoms with Crippen LogP contribution in [0.25, 0.3) is 6.08 Å². The molecule has 0 aliphatic carbocycles. The van der Waals surface area contributed by atoms with Crippen LogP contribution in [0.1, 0.15) is 24.1 Å². The van der Waals surface area contributed by atoms with Gasteiger partial charge in [-0.15, -0.1) is 0 Å². The van der Waals surface area contributed by atoms with Crippen LogP contribution in [0.4, 0.5) is 4.39 Å². The Morgan fingerprint density at radius 2 is 2.25 bits per heavy atom. The zero-order valence-corrected chi connectivity index (χ0v) is 7.05. The topological polar surface area (TPSA) is 26.0 Å². The summed E-state index contributed by atoms with van der Waals surface area (Å²) < 4.78 is 13.0. The molecule has 0 saturated carbocycles. The van der Waals surface area contributed by atoms with E-state index in [0.29, 0.717) is 5.56 Å². The van der Waals surface area contributed by atoms with E-state index in [0.717, 1.165) is 5.56 Å². The van der Waals surface area contributed by atoms with Crippen LogP contribution in [0.3, 0.4) is 0 Å². The molecule has 64 valence electrons. The lowest BCUT2D eigenvalue weighted by atomic mass is 10.1. The minimum Gasteiger partial charge on any atom is -0.324 e. The summed E-state index contributed by atoms with van der Waals surface area (Å²) in [6.45, 7) is 5.35. The summed E-state index contributed by atoms with van der Waals surface area (Å²) >= 11 is 0. The maximum absolute atomic E-state index is 13.0. The molecule has 0 bridgehead atoms. The lowest BCUT2D eigenvalue weighted by molar-refractivity contribution is 0.593. The number of halogens is 1. The third-order valence-electron chi connectivity index (χ3n) is 1.75. The molecule has 0 amide bonds. The van der Waals surface area contributed by atoms with Gasteiger partial charge in [0.2, 0.25) is 0 Å². The molecule has 1 rings (SSSR count). The van der Waals surface area contributed by atoms with E-state index < -0.39 is 0 Å². The van der Waals surface area contributed by atoms with Crippen molar-refractivity contribution in [3.8, 4) is 0 Å². The summed E-state index contributed by atoms with van der Waals surface area (Å²) in [5.74, 6) is -0.254. The van der Waals surface area contributed by atoms with Gasteiger partial charge in [0.1, 0.15) is 5.82 Å². The first-order valence-electron chi connectivity index (χ1n) is 3.82. The van der Waals surface area contributed by atoms with Crippen LogP contribution in [0, 0.1) is 5.82 Å². The van der Waals surface area contributed by atoms with E-state index in [1.165, 1.54) is 6.07 Å². The van der Waals surface area contributed by atoms with Gasteiger partial charge in [-0.2, -0.15) is 0 Å². The Bertz CT molecular complexity index is 292. The van der Waals surface area contributed by atoms with Crippen LogP contribution >= 0.6 is 0 Å². The number of hydrogen-bond donors (Lipinski definition) is 1. The summed E-state index contributed by atoms with van der Waals surface area (Å²) in [7, 11) is 0. The molecule has 1 atom stereocenters. The van der Waals surface area contributed by atoms with Gasteiger partial charge in [-0.25, -0.2) is 4.39 Å². The van der Waals surface area contributed by atoms with Gasteiger partial charge in [-0.3, -0.25) is 0 Å². The normalized spacial score (nSPS) is 12.6. The second kappa shape index (κ2) is 3.50. The fourth-order valence-electron chi connectivity index (χ4n) is 1.04. The zero-order chi connectivity index (χ0) is 9.14. The predicted molar refractivity (Wildman–Crippen MR) is 49.1 cm³/mol. The van der Waals surface area contributed by atoms with Crippen LogP contribution < -0.4 is 5.73 Å². The molecule has 0 heterocycles. The van der Waals surface area contributed by atoms with Crippen molar-refractivity contribution < 1.29 is 4.39 Å². The van der Waals surface area contributed by atoms with E-state index >= 15 is 0 Å². The van der Waals surface area contributed by atoms with Gasteiger partial charge < -0.3 is 5.73 Å². The average molecular weight is 165 g/mol. The molecule has 0 radical (unpaired) electrons. The highest BCUT2D eigenvalue weighted by molar-refractivity contribution is 5.48. The van der Waals surface area contributed by atoms with Crippen molar-refractivity contribution in [1.29, 1.82) is 0 Å². The van der Waals surface area contributed by atoms with Gasteiger partial charge in [0.15, 0.2) is 0 Å². The molecule has 1 aromatic carbocycles. The Morgan fingerprint density at radius 3 is 2.75 bits per heavy atom. The lowest BCUT2D eigenvalue weighted by Gasteiger charge is -2.07. The minimum absolute atomic E-state index is 0.254. The highest BCUT2D eigenvalue weighted by Gasteiger charge is 2.05. The summed E-state index contributed by atoms with van der Waals surface area (Å²) in [4.78, 5) is 0. The quantitative estimate of drug-likeness (QED) is 0.715. The molecule has 12 heavy (non-hydrogen) atoms. The fraction of sp³-hybridized carbons (Fsp3) is 0.200. The Morgan fingerprint density at radius 1 is 1.58 bits per heavy atom. The molecular formula is C10H12FN. The van der Waals surface area contributed by atoms with E-state index in [4.69, 9.17) is 5.73 Å². The summed E-state index contributed by atoms with van der Waals surface area (Å²) in [6.07, 6.45) is 1.67. The van der Waals surface area contributed by atoms with Crippen molar-refractivity contribution in [2.45, 2.75) is 13.0 Å². The fourth-order valence-corrected chi connectivity index (χ4v) is 1.04. The smallest absolute Gasteiger partial charge is 0.128 e. The monoisotopic (exact) mass is 165 g/mol. The van der Waals surface area contributed by atoms with Crippen LogP contribution in [0.15, 0.2) is 24.8 Å². The van der Waals surface area contributed by atoms with Crippen LogP contribution in [-0.2, 0) is 0 Å². The van der Waals surface area contributed by atoms with Crippen molar-refractivity contribution in [3.05, 3.63) is 41.7 Å². The molecule has 2 N–H and O–H groups in total. The molecule has 0 aliphatic heterocycles. The molecule has 0 fully saturated rings. The molecule has 1 nitrogen and oxygen atoms in total. The molecular weight excluding hydrogens is 153 g/mol. The SMILES string of the molecule is C=Cc1ccc(F)c([C@@H](C)N)c1. The maximum Gasteiger partial charge on any atom is 0.128 e. The molecule has 1 aromatic rings. The number of rotatable bonds is 2. The van der Waals surface area contributed by atoms with Gasteiger partial charge in [0, 0.05) is 11.6 Å². The second-order valence-electron chi connectivity index (χ2n) is 2.77.